The van der Waals surface area contributed by atoms with E-state index in [2.05, 4.69) is 67.5 Å². The number of aromatic nitrogens is 4. The predicted molar refractivity (Wildman–Crippen MR) is 333 cm³/mol. The van der Waals surface area contributed by atoms with E-state index in [0.717, 1.165) is 0 Å². The molecule has 33 nitrogen and oxygen atoms in total. The van der Waals surface area contributed by atoms with Gasteiger partial charge in [-0.1, -0.05) is 21.6 Å². The summed E-state index contributed by atoms with van der Waals surface area (Å²) in [4.78, 5) is 166. The number of guanidine groups is 1. The number of carbonyl (C=O) groups excluding carboxylic acids is 8. The van der Waals surface area contributed by atoms with Crippen molar-refractivity contribution >= 4 is 109 Å². The lowest BCUT2D eigenvalue weighted by atomic mass is 9.82. The molecule has 2 saturated heterocycles. The molecule has 0 radical (unpaired) electrons. The van der Waals surface area contributed by atoms with E-state index in [1.54, 1.807) is 24.0 Å². The number of fused-ring (bicyclic) bond motifs is 5. The van der Waals surface area contributed by atoms with Crippen LogP contribution in [0.2, 0.25) is 0 Å². The zero-order valence-electron chi connectivity index (χ0n) is 51.0. The molecule has 7 rings (SSSR count). The lowest BCUT2D eigenvalue weighted by molar-refractivity contribution is -0.140. The number of carbonyl (C=O) groups is 10. The number of nitrogens with two attached hydrogens (primary N) is 4. The number of benzene rings is 1. The van der Waals surface area contributed by atoms with E-state index in [1.165, 1.54) is 67.8 Å². The highest BCUT2D eigenvalue weighted by Gasteiger charge is 2.73. The zero-order valence-corrected chi connectivity index (χ0v) is 52.6. The zero-order chi connectivity index (χ0) is 66.9. The van der Waals surface area contributed by atoms with E-state index in [4.69, 9.17) is 37.5 Å². The molecule has 0 saturated carbocycles. The Hall–Kier alpha value is -8.93. The third-order valence-corrected chi connectivity index (χ3v) is 18.1. The topological polar surface area (TPSA) is 527 Å². The van der Waals surface area contributed by atoms with E-state index in [0.29, 0.717) is 30.1 Å². The fraction of sp³-hybridized carbons (Fsp3) is 0.518. The highest BCUT2D eigenvalue weighted by molar-refractivity contribution is 8.76. The fourth-order valence-electron chi connectivity index (χ4n) is 10.8. The number of hydrogen-bond donors (Lipinski definition) is 15. The van der Waals surface area contributed by atoms with Gasteiger partial charge in [-0.3, -0.25) is 58.4 Å². The molecule has 35 heteroatoms. The molecule has 2 fully saturated rings. The number of ketones is 3. The van der Waals surface area contributed by atoms with Crippen LogP contribution < -0.4 is 71.0 Å². The van der Waals surface area contributed by atoms with Crippen LogP contribution >= 0.6 is 21.6 Å². The Balaban J connectivity index is 0.973. The third kappa shape index (κ3) is 16.9. The summed E-state index contributed by atoms with van der Waals surface area (Å²) < 4.78 is 11.3. The highest BCUT2D eigenvalue weighted by Crippen LogP contribution is 2.56. The summed E-state index contributed by atoms with van der Waals surface area (Å²) in [5, 5.41) is 41.9. The average molecular weight is 1310 g/mol. The maximum absolute atomic E-state index is 14.6. The van der Waals surface area contributed by atoms with Gasteiger partial charge in [-0.25, -0.2) is 19.6 Å². The van der Waals surface area contributed by atoms with Crippen LogP contribution in [-0.4, -0.2) is 198 Å². The number of nitrogen functional groups attached to an aromatic ring is 1. The minimum absolute atomic E-state index is 0.00243. The van der Waals surface area contributed by atoms with Crippen molar-refractivity contribution in [1.29, 1.82) is 0 Å². The number of nitrogens with zero attached hydrogens (tertiary/aromatic N) is 5. The summed E-state index contributed by atoms with van der Waals surface area (Å²) >= 11 is 0. The Bertz CT molecular complexity index is 3520. The monoisotopic (exact) mass is 1300 g/mol. The third-order valence-electron chi connectivity index (χ3n) is 15.7. The van der Waals surface area contributed by atoms with Gasteiger partial charge in [0, 0.05) is 72.1 Å². The van der Waals surface area contributed by atoms with E-state index in [1.807, 2.05) is 13.8 Å². The minimum Gasteiger partial charge on any atom is -0.480 e. The van der Waals surface area contributed by atoms with Crippen molar-refractivity contribution in [2.75, 3.05) is 55.9 Å². The number of aromatic amines is 1. The number of H-pyrrole nitrogens is 1. The summed E-state index contributed by atoms with van der Waals surface area (Å²) in [6.45, 7) is 9.02. The number of Topliss-reactive ketones (excluding diaryl/α,β-unsaturated/α-hetero) is 3. The largest absolute Gasteiger partial charge is 0.480 e. The molecule has 492 valence electrons. The molecule has 0 bridgehead atoms. The van der Waals surface area contributed by atoms with Gasteiger partial charge in [0.2, 0.25) is 35.2 Å². The van der Waals surface area contributed by atoms with Crippen molar-refractivity contribution in [1.82, 2.24) is 62.1 Å². The van der Waals surface area contributed by atoms with Crippen LogP contribution in [0.1, 0.15) is 89.7 Å². The Morgan fingerprint density at radius 3 is 2.27 bits per heavy atom. The molecular weight excluding hydrogens is 1230 g/mol. The number of nitrogens with one attached hydrogen (secondary N) is 9. The molecule has 5 amide bonds. The van der Waals surface area contributed by atoms with Gasteiger partial charge >= 0.3 is 18.0 Å². The van der Waals surface area contributed by atoms with Crippen molar-refractivity contribution in [3.63, 3.8) is 0 Å². The number of rotatable bonds is 34. The lowest BCUT2D eigenvalue weighted by Gasteiger charge is -2.39. The predicted octanol–water partition coefficient (Wildman–Crippen LogP) is -2.04. The number of methoxy groups -OCH3 is 1. The van der Waals surface area contributed by atoms with Gasteiger partial charge in [0.1, 0.15) is 31.3 Å². The van der Waals surface area contributed by atoms with Crippen LogP contribution in [-0.2, 0) is 54.4 Å². The molecule has 5 heterocycles. The number of anilines is 2. The molecule has 1 aromatic carbocycles. The van der Waals surface area contributed by atoms with E-state index in [9.17, 15) is 57.8 Å². The number of piperazine rings is 1. The molecule has 19 N–H and O–H groups in total. The van der Waals surface area contributed by atoms with Crippen LogP contribution in [0, 0.1) is 5.92 Å². The molecular formula is C56H76N18O15S2. The molecule has 3 aliphatic heterocycles. The van der Waals surface area contributed by atoms with E-state index >= 15 is 0 Å². The number of amides is 5. The van der Waals surface area contributed by atoms with E-state index in [-0.39, 0.29) is 114 Å². The lowest BCUT2D eigenvalue weighted by Crippen LogP contribution is -2.60. The van der Waals surface area contributed by atoms with Crippen molar-refractivity contribution in [2.24, 2.45) is 28.1 Å². The van der Waals surface area contributed by atoms with Crippen molar-refractivity contribution in [3.05, 3.63) is 74.6 Å². The van der Waals surface area contributed by atoms with Crippen LogP contribution in [0.4, 0.5) is 16.4 Å². The first kappa shape index (κ1) is 69.5. The van der Waals surface area contributed by atoms with Gasteiger partial charge in [0.15, 0.2) is 28.6 Å². The first-order valence-corrected chi connectivity index (χ1v) is 31.3. The molecule has 0 spiro atoms. The first-order chi connectivity index (χ1) is 42.9. The number of ether oxygens (including phenoxy) is 2. The normalized spacial score (nSPS) is 19.6. The standard InChI is InChI=1S/C56H76N18O15S2/c1-25-38(42(79)37-30(23-89-53(60)87)56(88-7)43-33(67-43)22-74(56)40(37)41(25)78)73-54(3,4)16-18-90-91-24-34(48(83)65-26(2)45(80)64-21-36(76)77)69-47(82)31(9-8-17-61-51(57)58)72-55(5,6)35(75)15-14-32(50(85)86)68-46(81)27-10-12-28(13-11-27)62-19-29-20-63-44-39(66-29)49(84)71-52(59)70-44/h10-13,20,26,30-34,43,62,67,72-73H,8-9,14-19,21-24H2,1-7H3,(H2,60,87)(H,64,80)(H,65,83)(H,68,81)(H,69,82)(H,76,77)(H,85,86)(H4,57,58,61)(H3,59,63,70,71,84)/t26-,30+,31-,32-,33?,34-,43-,56+/m0/s1. The van der Waals surface area contributed by atoms with E-state index < -0.39 is 119 Å². The number of carboxylic acids is 2. The number of aliphatic carboxylic acids is 2. The second kappa shape index (κ2) is 29.4. The van der Waals surface area contributed by atoms with Gasteiger partial charge in [0.25, 0.3) is 11.5 Å². The fourth-order valence-corrected chi connectivity index (χ4v) is 13.3. The van der Waals surface area contributed by atoms with Gasteiger partial charge < -0.3 is 84.7 Å². The van der Waals surface area contributed by atoms with Crippen molar-refractivity contribution in [3.8, 4) is 0 Å². The smallest absolute Gasteiger partial charge is 0.404 e. The average Bonchev–Trinajstić information content (AvgIpc) is 1.50. The Kier molecular flexibility index (Phi) is 22.4. The number of aliphatic imine (C=N–C) groups is 1. The SMILES string of the molecule is CO[C@@]12[C@H](COC(N)=O)C3=C(C(=O)C(C)=C(NC(C)(C)CCSSC[C@H](NC(=O)[C@H](CCCN=C(N)N)NC(C)(C)C(=O)CC[C@H](NC(=O)c4ccc(NCc5cnc6nc(N)[nH]c(=O)c6n5)cc4)C(=O)O)C(=O)N[C@@H](C)C(=O)NCC(=O)O)C3=O)N1CC1N[C@@H]12. The Labute approximate surface area is 528 Å². The van der Waals surface area contributed by atoms with Gasteiger partial charge in [-0.2, -0.15) is 4.98 Å². The first-order valence-electron chi connectivity index (χ1n) is 28.8. The number of hydrogen-bond acceptors (Lipinski definition) is 25. The van der Waals surface area contributed by atoms with Crippen LogP contribution in [0.15, 0.2) is 62.8 Å². The van der Waals surface area contributed by atoms with Crippen LogP contribution in [0.25, 0.3) is 11.2 Å². The number of carboxylic acid groups (broad SMARTS) is 2. The van der Waals surface area contributed by atoms with Gasteiger partial charge in [-0.15, -0.1) is 0 Å². The molecule has 3 aromatic rings. The maximum atomic E-state index is 14.6. The van der Waals surface area contributed by atoms with Crippen molar-refractivity contribution < 1.29 is 67.6 Å². The quantitative estimate of drug-likeness (QED) is 0.00765. The van der Waals surface area contributed by atoms with Crippen LogP contribution in [0.5, 0.6) is 0 Å². The molecule has 1 unspecified atom stereocenters. The minimum atomic E-state index is -1.55. The number of allylic oxidation sites excluding steroid dienone is 2. The Morgan fingerprint density at radius 2 is 1.62 bits per heavy atom. The molecule has 8 atom stereocenters. The van der Waals surface area contributed by atoms with Gasteiger partial charge in [0.05, 0.1) is 53.4 Å². The summed E-state index contributed by atoms with van der Waals surface area (Å²) in [5.74, 6) is -8.22. The second-order valence-corrected chi connectivity index (χ2v) is 25.8. The molecule has 2 aromatic heterocycles. The highest BCUT2D eigenvalue weighted by atomic mass is 33.1. The second-order valence-electron chi connectivity index (χ2n) is 23.2. The summed E-state index contributed by atoms with van der Waals surface area (Å²) in [6.07, 6.45) is 0.162. The summed E-state index contributed by atoms with van der Waals surface area (Å²) in [7, 11) is 3.95. The summed E-state index contributed by atoms with van der Waals surface area (Å²) in [5.41, 5.74) is 19.6. The molecule has 4 aliphatic rings. The summed E-state index contributed by atoms with van der Waals surface area (Å²) in [6, 6.07) is 0.396. The maximum Gasteiger partial charge on any atom is 0.404 e. The van der Waals surface area contributed by atoms with Gasteiger partial charge in [-0.05, 0) is 91.5 Å². The van der Waals surface area contributed by atoms with Crippen LogP contribution in [0.3, 0.4) is 0 Å². The molecule has 91 heavy (non-hydrogen) atoms. The van der Waals surface area contributed by atoms with Crippen molar-refractivity contribution in [2.45, 2.75) is 133 Å². The number of primary amides is 1. The Morgan fingerprint density at radius 1 is 0.912 bits per heavy atom. The molecule has 1 aliphatic carbocycles.